The Morgan fingerprint density at radius 3 is 2.70 bits per heavy atom. The molecule has 0 radical (unpaired) electrons. The van der Waals surface area contributed by atoms with Gasteiger partial charge < -0.3 is 15.8 Å². The van der Waals surface area contributed by atoms with Crippen LogP contribution in [0.4, 0.5) is 13.2 Å². The van der Waals surface area contributed by atoms with E-state index >= 15 is 0 Å². The molecule has 1 aliphatic heterocycles. The third-order valence-corrected chi connectivity index (χ3v) is 3.13. The summed E-state index contributed by atoms with van der Waals surface area (Å²) >= 11 is 0. The van der Waals surface area contributed by atoms with Gasteiger partial charge in [-0.1, -0.05) is 0 Å². The number of amides is 1. The zero-order valence-electron chi connectivity index (χ0n) is 10.7. The molecule has 7 heteroatoms. The van der Waals surface area contributed by atoms with Crippen LogP contribution in [-0.4, -0.2) is 25.1 Å². The summed E-state index contributed by atoms with van der Waals surface area (Å²) in [6.07, 6.45) is -2.61. The van der Waals surface area contributed by atoms with Crippen molar-refractivity contribution in [3.63, 3.8) is 0 Å². The predicted octanol–water partition coefficient (Wildman–Crippen LogP) is 1.94. The van der Waals surface area contributed by atoms with E-state index in [4.69, 9.17) is 10.5 Å². The number of nitrogens with one attached hydrogen (secondary N) is 1. The van der Waals surface area contributed by atoms with Gasteiger partial charge in [-0.2, -0.15) is 13.2 Å². The third-order valence-electron chi connectivity index (χ3n) is 3.13. The van der Waals surface area contributed by atoms with Gasteiger partial charge in [-0.05, 0) is 37.6 Å². The number of carbonyl (C=O) groups is 1. The fourth-order valence-corrected chi connectivity index (χ4v) is 2.08. The summed E-state index contributed by atoms with van der Waals surface area (Å²) in [5.41, 5.74) is 3.88. The van der Waals surface area contributed by atoms with Crippen LogP contribution < -0.4 is 15.8 Å². The van der Waals surface area contributed by atoms with E-state index in [0.717, 1.165) is 31.5 Å². The zero-order chi connectivity index (χ0) is 14.8. The second kappa shape index (κ2) is 5.70. The van der Waals surface area contributed by atoms with Crippen molar-refractivity contribution in [2.45, 2.75) is 25.1 Å². The average Bonchev–Trinajstić information content (AvgIpc) is 2.88. The monoisotopic (exact) mass is 288 g/mol. The van der Waals surface area contributed by atoms with E-state index in [2.05, 4.69) is 5.32 Å². The molecule has 1 aromatic carbocycles. The number of alkyl halides is 3. The van der Waals surface area contributed by atoms with Gasteiger partial charge in [-0.25, -0.2) is 0 Å². The van der Waals surface area contributed by atoms with Gasteiger partial charge in [0.1, 0.15) is 12.4 Å². The van der Waals surface area contributed by atoms with Crippen LogP contribution in [0, 0.1) is 0 Å². The molecular formula is C13H15F3N2O2. The van der Waals surface area contributed by atoms with Crippen LogP contribution in [0.2, 0.25) is 0 Å². The second-order valence-electron chi connectivity index (χ2n) is 4.71. The topological polar surface area (TPSA) is 64.4 Å². The molecule has 1 aliphatic rings. The molecule has 0 aliphatic carbocycles. The molecule has 4 nitrogen and oxygen atoms in total. The first-order valence-corrected chi connectivity index (χ1v) is 6.24. The molecule has 1 unspecified atom stereocenters. The molecule has 20 heavy (non-hydrogen) atoms. The van der Waals surface area contributed by atoms with Crippen LogP contribution in [0.15, 0.2) is 18.2 Å². The minimum absolute atomic E-state index is 0.00215. The Morgan fingerprint density at radius 2 is 2.15 bits per heavy atom. The summed E-state index contributed by atoms with van der Waals surface area (Å²) < 4.78 is 43.5. The van der Waals surface area contributed by atoms with Gasteiger partial charge in [0.15, 0.2) is 0 Å². The van der Waals surface area contributed by atoms with Crippen molar-refractivity contribution in [2.75, 3.05) is 13.2 Å². The SMILES string of the molecule is NC(=O)c1cc(OCC2CCCN2)cc(C(F)(F)F)c1. The van der Waals surface area contributed by atoms with Gasteiger partial charge in [0.25, 0.3) is 0 Å². The molecule has 1 atom stereocenters. The molecule has 1 saturated heterocycles. The van der Waals surface area contributed by atoms with Crippen molar-refractivity contribution < 1.29 is 22.7 Å². The maximum atomic E-state index is 12.7. The Hall–Kier alpha value is -1.76. The normalized spacial score (nSPS) is 19.1. The average molecular weight is 288 g/mol. The Kier molecular flexibility index (Phi) is 4.17. The molecule has 0 aromatic heterocycles. The summed E-state index contributed by atoms with van der Waals surface area (Å²) in [6.45, 7) is 1.14. The van der Waals surface area contributed by atoms with E-state index in [0.29, 0.717) is 0 Å². The second-order valence-corrected chi connectivity index (χ2v) is 4.71. The molecule has 0 bridgehead atoms. The highest BCUT2D eigenvalue weighted by Gasteiger charge is 2.32. The van der Waals surface area contributed by atoms with E-state index in [1.54, 1.807) is 0 Å². The largest absolute Gasteiger partial charge is 0.492 e. The van der Waals surface area contributed by atoms with Crippen LogP contribution in [0.3, 0.4) is 0 Å². The highest BCUT2D eigenvalue weighted by Crippen LogP contribution is 2.32. The van der Waals surface area contributed by atoms with Crippen molar-refractivity contribution in [3.05, 3.63) is 29.3 Å². The van der Waals surface area contributed by atoms with Crippen molar-refractivity contribution in [1.29, 1.82) is 0 Å². The lowest BCUT2D eigenvalue weighted by atomic mass is 10.1. The standard InChI is InChI=1S/C13H15F3N2O2/c14-13(15,16)9-4-8(12(17)19)5-11(6-9)20-7-10-2-1-3-18-10/h4-6,10,18H,1-3,7H2,(H2,17,19). The fraction of sp³-hybridized carbons (Fsp3) is 0.462. The van der Waals surface area contributed by atoms with Crippen molar-refractivity contribution >= 4 is 5.91 Å². The number of halogens is 3. The fourth-order valence-electron chi connectivity index (χ4n) is 2.08. The summed E-state index contributed by atoms with van der Waals surface area (Å²) in [5, 5.41) is 3.17. The molecule has 1 amide bonds. The molecule has 1 aromatic rings. The molecule has 2 rings (SSSR count). The molecule has 1 heterocycles. The van der Waals surface area contributed by atoms with E-state index in [1.807, 2.05) is 0 Å². The summed E-state index contributed by atoms with van der Waals surface area (Å²) in [7, 11) is 0. The van der Waals surface area contributed by atoms with Crippen molar-refractivity contribution in [3.8, 4) is 5.75 Å². The van der Waals surface area contributed by atoms with Crippen LogP contribution in [0.25, 0.3) is 0 Å². The van der Waals surface area contributed by atoms with Crippen LogP contribution in [0.1, 0.15) is 28.8 Å². The lowest BCUT2D eigenvalue weighted by Crippen LogP contribution is -2.28. The van der Waals surface area contributed by atoms with Crippen molar-refractivity contribution in [2.24, 2.45) is 5.73 Å². The highest BCUT2D eigenvalue weighted by molar-refractivity contribution is 5.93. The van der Waals surface area contributed by atoms with Crippen LogP contribution in [0.5, 0.6) is 5.75 Å². The number of hydrogen-bond acceptors (Lipinski definition) is 3. The van der Waals surface area contributed by atoms with Gasteiger partial charge >= 0.3 is 6.18 Å². The summed E-state index contributed by atoms with van der Waals surface area (Å²) in [4.78, 5) is 11.1. The minimum Gasteiger partial charge on any atom is -0.492 e. The molecular weight excluding hydrogens is 273 g/mol. The third kappa shape index (κ3) is 3.63. The Bertz CT molecular complexity index is 497. The number of primary amides is 1. The molecule has 3 N–H and O–H groups in total. The summed E-state index contributed by atoms with van der Waals surface area (Å²) in [5.74, 6) is -0.915. The van der Waals surface area contributed by atoms with Crippen molar-refractivity contribution in [1.82, 2.24) is 5.32 Å². The first kappa shape index (κ1) is 14.6. The molecule has 1 fully saturated rings. The summed E-state index contributed by atoms with van der Waals surface area (Å²) in [6, 6.07) is 2.96. The van der Waals surface area contributed by atoms with Gasteiger partial charge in [0.2, 0.25) is 5.91 Å². The Labute approximate surface area is 114 Å². The van der Waals surface area contributed by atoms with Crippen LogP contribution >= 0.6 is 0 Å². The minimum atomic E-state index is -4.55. The zero-order valence-corrected chi connectivity index (χ0v) is 10.7. The van der Waals surface area contributed by atoms with Crippen LogP contribution in [-0.2, 0) is 6.18 Å². The smallest absolute Gasteiger partial charge is 0.416 e. The first-order chi connectivity index (χ1) is 9.36. The van der Waals surface area contributed by atoms with Gasteiger partial charge in [-0.3, -0.25) is 4.79 Å². The Morgan fingerprint density at radius 1 is 1.40 bits per heavy atom. The number of hydrogen-bond donors (Lipinski definition) is 2. The lowest BCUT2D eigenvalue weighted by molar-refractivity contribution is -0.137. The lowest BCUT2D eigenvalue weighted by Gasteiger charge is -2.15. The molecule has 0 spiro atoms. The highest BCUT2D eigenvalue weighted by atomic mass is 19.4. The Balaban J connectivity index is 2.17. The van der Waals surface area contributed by atoms with E-state index in [9.17, 15) is 18.0 Å². The van der Waals surface area contributed by atoms with E-state index in [1.165, 1.54) is 6.07 Å². The number of nitrogens with two attached hydrogens (primary N) is 1. The quantitative estimate of drug-likeness (QED) is 0.890. The molecule has 0 saturated carbocycles. The predicted molar refractivity (Wildman–Crippen MR) is 66.5 cm³/mol. The van der Waals surface area contributed by atoms with E-state index < -0.39 is 17.6 Å². The maximum Gasteiger partial charge on any atom is 0.416 e. The van der Waals surface area contributed by atoms with Gasteiger partial charge in [0.05, 0.1) is 5.56 Å². The number of rotatable bonds is 4. The van der Waals surface area contributed by atoms with Gasteiger partial charge in [-0.15, -0.1) is 0 Å². The molecule has 110 valence electrons. The number of ether oxygens (including phenoxy) is 1. The van der Waals surface area contributed by atoms with E-state index in [-0.39, 0.29) is 24.0 Å². The number of carbonyl (C=O) groups excluding carboxylic acids is 1. The number of benzene rings is 1. The van der Waals surface area contributed by atoms with Gasteiger partial charge in [0, 0.05) is 11.6 Å². The first-order valence-electron chi connectivity index (χ1n) is 6.24. The maximum absolute atomic E-state index is 12.7.